The number of unbranched alkanes of at least 4 members (excludes halogenated alkanes) is 2. The topological polar surface area (TPSA) is 59.1 Å². The average Bonchev–Trinajstić information content (AvgIpc) is 3.13. The van der Waals surface area contributed by atoms with Gasteiger partial charge in [0.1, 0.15) is 18.5 Å². The van der Waals surface area contributed by atoms with E-state index in [1.165, 1.54) is 10.5 Å². The van der Waals surface area contributed by atoms with Gasteiger partial charge in [0.05, 0.1) is 0 Å². The van der Waals surface area contributed by atoms with Gasteiger partial charge in [0.25, 0.3) is 5.91 Å². The van der Waals surface area contributed by atoms with Gasteiger partial charge in [-0.05, 0) is 24.3 Å². The molecule has 0 spiro atoms. The fraction of sp³-hybridized carbons (Fsp3) is 0.652. The van der Waals surface area contributed by atoms with Crippen LogP contribution >= 0.6 is 0 Å². The molecule has 3 saturated heterocycles. The van der Waals surface area contributed by atoms with Crippen LogP contribution in [0.25, 0.3) is 0 Å². The van der Waals surface area contributed by atoms with Crippen molar-refractivity contribution in [1.29, 1.82) is 0 Å². The number of likely N-dealkylation sites (N-methyl/N-ethyl adjacent to an activating group) is 1. The Kier molecular flexibility index (Phi) is 6.41. The summed E-state index contributed by atoms with van der Waals surface area (Å²) >= 11 is 0. The van der Waals surface area contributed by atoms with Crippen LogP contribution in [0, 0.1) is 5.92 Å². The molecule has 4 atom stereocenters. The summed E-state index contributed by atoms with van der Waals surface area (Å²) in [4.78, 5) is 34.2. The standard InChI is InChI=1S/C23H35N5O2/c1-4-5-9-13-27-21(29)19-20(25(3)23(27)30)24-22-26(15-17(2)16-28(19)22)14-12-18-10-7-6-8-11-18/h6-8,10-11,17,19-20,22,24H,4-5,9,12-16H2,1-3H3. The highest BCUT2D eigenvalue weighted by Crippen LogP contribution is 2.32. The first kappa shape index (κ1) is 21.3. The van der Waals surface area contributed by atoms with Gasteiger partial charge in [-0.15, -0.1) is 0 Å². The summed E-state index contributed by atoms with van der Waals surface area (Å²) in [5, 5.41) is 3.61. The molecule has 3 fully saturated rings. The Morgan fingerprint density at radius 1 is 1.07 bits per heavy atom. The third kappa shape index (κ3) is 3.98. The Balaban J connectivity index is 1.50. The van der Waals surface area contributed by atoms with E-state index in [0.717, 1.165) is 45.3 Å². The second-order valence-corrected chi connectivity index (χ2v) is 9.05. The fourth-order valence-electron chi connectivity index (χ4n) is 5.14. The van der Waals surface area contributed by atoms with Crippen molar-refractivity contribution in [2.45, 2.75) is 58.0 Å². The van der Waals surface area contributed by atoms with Crippen molar-refractivity contribution in [2.75, 3.05) is 33.2 Å². The van der Waals surface area contributed by atoms with Gasteiger partial charge in [-0.3, -0.25) is 24.8 Å². The molecule has 4 unspecified atom stereocenters. The number of amides is 3. The lowest BCUT2D eigenvalue weighted by Crippen LogP contribution is -2.66. The van der Waals surface area contributed by atoms with Crippen molar-refractivity contribution in [2.24, 2.45) is 5.92 Å². The van der Waals surface area contributed by atoms with Crippen molar-refractivity contribution >= 4 is 11.9 Å². The maximum Gasteiger partial charge on any atom is 0.327 e. The van der Waals surface area contributed by atoms with Gasteiger partial charge in [-0.1, -0.05) is 57.0 Å². The van der Waals surface area contributed by atoms with Gasteiger partial charge < -0.3 is 4.90 Å². The molecule has 1 aromatic rings. The van der Waals surface area contributed by atoms with Crippen LogP contribution in [0.2, 0.25) is 0 Å². The van der Waals surface area contributed by atoms with Crippen LogP contribution in [0.5, 0.6) is 0 Å². The zero-order valence-electron chi connectivity index (χ0n) is 18.5. The van der Waals surface area contributed by atoms with E-state index >= 15 is 0 Å². The highest BCUT2D eigenvalue weighted by atomic mass is 16.2. The summed E-state index contributed by atoms with van der Waals surface area (Å²) in [7, 11) is 1.82. The van der Waals surface area contributed by atoms with Crippen molar-refractivity contribution in [1.82, 2.24) is 24.9 Å². The van der Waals surface area contributed by atoms with E-state index in [0.29, 0.717) is 12.5 Å². The summed E-state index contributed by atoms with van der Waals surface area (Å²) in [6.07, 6.45) is 3.68. The Morgan fingerprint density at radius 3 is 2.57 bits per heavy atom. The minimum atomic E-state index is -0.304. The third-order valence-electron chi connectivity index (χ3n) is 6.69. The zero-order chi connectivity index (χ0) is 21.3. The number of benzene rings is 1. The van der Waals surface area contributed by atoms with Crippen LogP contribution in [0.1, 0.15) is 38.7 Å². The molecule has 3 aliphatic rings. The Morgan fingerprint density at radius 2 is 1.83 bits per heavy atom. The Labute approximate surface area is 180 Å². The summed E-state index contributed by atoms with van der Waals surface area (Å²) in [6, 6.07) is 10.1. The van der Waals surface area contributed by atoms with Crippen molar-refractivity contribution in [3.63, 3.8) is 0 Å². The fourth-order valence-corrected chi connectivity index (χ4v) is 5.14. The number of rotatable bonds is 7. The number of hydrogen-bond acceptors (Lipinski definition) is 5. The number of fused-ring (bicyclic) bond motifs is 3. The van der Waals surface area contributed by atoms with Gasteiger partial charge in [-0.25, -0.2) is 4.79 Å². The maximum atomic E-state index is 13.4. The molecule has 7 nitrogen and oxygen atoms in total. The molecule has 3 amide bonds. The van der Waals surface area contributed by atoms with E-state index in [9.17, 15) is 9.59 Å². The molecule has 164 valence electrons. The van der Waals surface area contributed by atoms with E-state index in [-0.39, 0.29) is 30.4 Å². The number of hydrogen-bond donors (Lipinski definition) is 1. The average molecular weight is 414 g/mol. The molecule has 30 heavy (non-hydrogen) atoms. The quantitative estimate of drug-likeness (QED) is 0.694. The van der Waals surface area contributed by atoms with E-state index < -0.39 is 0 Å². The molecule has 0 bridgehead atoms. The van der Waals surface area contributed by atoms with Crippen molar-refractivity contribution in [3.8, 4) is 0 Å². The van der Waals surface area contributed by atoms with Crippen molar-refractivity contribution < 1.29 is 9.59 Å². The molecule has 0 saturated carbocycles. The van der Waals surface area contributed by atoms with E-state index in [2.05, 4.69) is 53.2 Å². The molecule has 3 heterocycles. The van der Waals surface area contributed by atoms with Gasteiger partial charge in [-0.2, -0.15) is 0 Å². The molecule has 7 heteroatoms. The molecule has 1 aromatic carbocycles. The summed E-state index contributed by atoms with van der Waals surface area (Å²) in [5.41, 5.74) is 1.32. The smallest absolute Gasteiger partial charge is 0.310 e. The minimum absolute atomic E-state index is 0.00490. The van der Waals surface area contributed by atoms with Crippen LogP contribution in [0.4, 0.5) is 4.79 Å². The lowest BCUT2D eigenvalue weighted by molar-refractivity contribution is -0.140. The summed E-state index contributed by atoms with van der Waals surface area (Å²) in [6.45, 7) is 7.69. The second-order valence-electron chi connectivity index (χ2n) is 9.05. The van der Waals surface area contributed by atoms with Gasteiger partial charge in [0.15, 0.2) is 0 Å². The molecule has 0 aliphatic carbocycles. The summed E-state index contributed by atoms with van der Waals surface area (Å²) < 4.78 is 0. The molecule has 0 radical (unpaired) electrons. The highest BCUT2D eigenvalue weighted by Gasteiger charge is 2.56. The maximum absolute atomic E-state index is 13.4. The van der Waals surface area contributed by atoms with E-state index in [1.54, 1.807) is 4.90 Å². The van der Waals surface area contributed by atoms with Crippen LogP contribution in [0.3, 0.4) is 0 Å². The first-order valence-corrected chi connectivity index (χ1v) is 11.4. The molecule has 3 aliphatic heterocycles. The zero-order valence-corrected chi connectivity index (χ0v) is 18.5. The number of carbonyl (C=O) groups is 2. The molecular weight excluding hydrogens is 378 g/mol. The normalized spacial score (nSPS) is 30.0. The van der Waals surface area contributed by atoms with Crippen LogP contribution in [0.15, 0.2) is 30.3 Å². The van der Waals surface area contributed by atoms with Gasteiger partial charge in [0, 0.05) is 33.2 Å². The van der Waals surface area contributed by atoms with Crippen LogP contribution in [-0.4, -0.2) is 83.3 Å². The minimum Gasteiger partial charge on any atom is -0.310 e. The third-order valence-corrected chi connectivity index (χ3v) is 6.69. The second kappa shape index (κ2) is 9.04. The van der Waals surface area contributed by atoms with Crippen molar-refractivity contribution in [3.05, 3.63) is 35.9 Å². The number of nitrogens with one attached hydrogen (secondary N) is 1. The summed E-state index contributed by atoms with van der Waals surface area (Å²) in [5.74, 6) is 0.438. The predicted molar refractivity (Wildman–Crippen MR) is 116 cm³/mol. The Bertz CT molecular complexity index is 757. The molecule has 4 rings (SSSR count). The first-order valence-electron chi connectivity index (χ1n) is 11.4. The van der Waals surface area contributed by atoms with Crippen LogP contribution in [-0.2, 0) is 11.2 Å². The molecule has 0 aromatic heterocycles. The van der Waals surface area contributed by atoms with Gasteiger partial charge >= 0.3 is 6.03 Å². The number of carbonyl (C=O) groups excluding carboxylic acids is 2. The molecule has 1 N–H and O–H groups in total. The predicted octanol–water partition coefficient (Wildman–Crippen LogP) is 2.15. The van der Waals surface area contributed by atoms with E-state index in [4.69, 9.17) is 0 Å². The first-order chi connectivity index (χ1) is 14.5. The largest absolute Gasteiger partial charge is 0.327 e. The van der Waals surface area contributed by atoms with Crippen LogP contribution < -0.4 is 5.32 Å². The SMILES string of the molecule is CCCCCN1C(=O)C2C(NC3N(CCc4ccccc4)CC(C)CN23)N(C)C1=O. The monoisotopic (exact) mass is 413 g/mol. The van der Waals surface area contributed by atoms with E-state index in [1.807, 2.05) is 13.1 Å². The number of nitrogens with zero attached hydrogens (tertiary/aromatic N) is 4. The number of urea groups is 1. The highest BCUT2D eigenvalue weighted by molar-refractivity contribution is 6.00. The molecular formula is C23H35N5O2. The lowest BCUT2D eigenvalue weighted by Gasteiger charge is -2.45. The number of imide groups is 1. The Hall–Kier alpha value is -1.96. The lowest BCUT2D eigenvalue weighted by atomic mass is 10.0. The van der Waals surface area contributed by atoms with Gasteiger partial charge in [0.2, 0.25) is 0 Å².